The highest BCUT2D eigenvalue weighted by atomic mass is 32.2. The first-order valence-corrected chi connectivity index (χ1v) is 9.43. The molecule has 2 rings (SSSR count). The van der Waals surface area contributed by atoms with Crippen molar-refractivity contribution in [1.82, 2.24) is 0 Å². The van der Waals surface area contributed by atoms with Crippen LogP contribution in [0, 0.1) is 18.3 Å². The van der Waals surface area contributed by atoms with Crippen LogP contribution in [0.3, 0.4) is 0 Å². The Kier molecular flexibility index (Phi) is 4.61. The molecule has 1 heterocycles. The van der Waals surface area contributed by atoms with Gasteiger partial charge < -0.3 is 4.90 Å². The number of aryl methyl sites for hydroxylation is 1. The third kappa shape index (κ3) is 2.94. The molecule has 0 aliphatic carbocycles. The molecule has 0 aromatic heterocycles. The lowest BCUT2D eigenvalue weighted by molar-refractivity contribution is 0.579. The Bertz CT molecular complexity index is 635. The van der Waals surface area contributed by atoms with E-state index in [0.717, 1.165) is 17.0 Å². The molecule has 1 aromatic rings. The predicted octanol–water partition coefficient (Wildman–Crippen LogP) is 2.18. The third-order valence-corrected chi connectivity index (χ3v) is 6.77. The number of hydrogen-bond acceptors (Lipinski definition) is 5. The summed E-state index contributed by atoms with van der Waals surface area (Å²) in [5.74, 6) is 1.58. The van der Waals surface area contributed by atoms with Gasteiger partial charge in [-0.25, -0.2) is 8.42 Å². The highest BCUT2D eigenvalue weighted by Gasteiger charge is 2.33. The predicted molar refractivity (Wildman–Crippen MR) is 83.8 cm³/mol. The van der Waals surface area contributed by atoms with Crippen molar-refractivity contribution in [2.75, 3.05) is 28.7 Å². The minimum atomic E-state index is -3.16. The van der Waals surface area contributed by atoms with Gasteiger partial charge in [0.05, 0.1) is 11.3 Å². The lowest BCUT2D eigenvalue weighted by Crippen LogP contribution is -2.48. The minimum Gasteiger partial charge on any atom is -0.352 e. The summed E-state index contributed by atoms with van der Waals surface area (Å²) in [6.07, 6.45) is 0. The molecule has 0 amide bonds. The van der Waals surface area contributed by atoms with E-state index in [-0.39, 0.29) is 5.75 Å². The molecular formula is C14H18N2O2S2. The molecular weight excluding hydrogens is 292 g/mol. The van der Waals surface area contributed by atoms with E-state index >= 15 is 0 Å². The summed E-state index contributed by atoms with van der Waals surface area (Å²) in [7, 11) is -3.16. The van der Waals surface area contributed by atoms with Gasteiger partial charge in [-0.1, -0.05) is 13.0 Å². The number of hydrogen-bond donors (Lipinski definition) is 0. The molecule has 108 valence electrons. The van der Waals surface area contributed by atoms with Crippen LogP contribution in [0.2, 0.25) is 0 Å². The number of nitriles is 1. The van der Waals surface area contributed by atoms with Crippen molar-refractivity contribution in [3.05, 3.63) is 29.3 Å². The summed E-state index contributed by atoms with van der Waals surface area (Å²) < 4.78 is 24.5. The van der Waals surface area contributed by atoms with Gasteiger partial charge in [0, 0.05) is 23.8 Å². The molecule has 1 fully saturated rings. The van der Waals surface area contributed by atoms with E-state index in [2.05, 4.69) is 6.07 Å². The largest absolute Gasteiger partial charge is 0.352 e. The second-order valence-electron chi connectivity index (χ2n) is 4.81. The fraction of sp³-hybridized carbons (Fsp3) is 0.500. The monoisotopic (exact) mass is 310 g/mol. The van der Waals surface area contributed by atoms with Gasteiger partial charge in [0.25, 0.3) is 0 Å². The van der Waals surface area contributed by atoms with Crippen LogP contribution in [0.15, 0.2) is 18.2 Å². The van der Waals surface area contributed by atoms with Crippen molar-refractivity contribution in [3.63, 3.8) is 0 Å². The van der Waals surface area contributed by atoms with Gasteiger partial charge in [-0.15, -0.1) is 0 Å². The maximum absolute atomic E-state index is 12.3. The Morgan fingerprint density at radius 3 is 2.90 bits per heavy atom. The molecule has 4 nitrogen and oxygen atoms in total. The average molecular weight is 310 g/mol. The molecule has 0 radical (unpaired) electrons. The van der Waals surface area contributed by atoms with Crippen LogP contribution in [0.4, 0.5) is 5.69 Å². The SMILES string of the molecule is CCS(=O)(=O)C1CSCCN1c1ccc(C)cc1C#N. The molecule has 1 aromatic carbocycles. The first kappa shape index (κ1) is 15.2. The molecule has 1 atom stereocenters. The van der Waals surface area contributed by atoms with Crippen molar-refractivity contribution in [2.45, 2.75) is 19.2 Å². The lowest BCUT2D eigenvalue weighted by atomic mass is 10.1. The van der Waals surface area contributed by atoms with Gasteiger partial charge in [0.2, 0.25) is 0 Å². The molecule has 0 N–H and O–H groups in total. The normalized spacial score (nSPS) is 19.6. The first-order valence-electron chi connectivity index (χ1n) is 6.56. The molecule has 20 heavy (non-hydrogen) atoms. The van der Waals surface area contributed by atoms with Crippen LogP contribution >= 0.6 is 11.8 Å². The number of anilines is 1. The van der Waals surface area contributed by atoms with Crippen LogP contribution in [-0.2, 0) is 9.84 Å². The van der Waals surface area contributed by atoms with Crippen molar-refractivity contribution < 1.29 is 8.42 Å². The van der Waals surface area contributed by atoms with E-state index < -0.39 is 15.2 Å². The smallest absolute Gasteiger partial charge is 0.171 e. The quantitative estimate of drug-likeness (QED) is 0.856. The van der Waals surface area contributed by atoms with Gasteiger partial charge in [0.1, 0.15) is 11.4 Å². The zero-order chi connectivity index (χ0) is 14.8. The molecule has 1 aliphatic heterocycles. The number of benzene rings is 1. The Hall–Kier alpha value is -1.19. The molecule has 1 unspecified atom stereocenters. The van der Waals surface area contributed by atoms with Crippen LogP contribution in [0.5, 0.6) is 0 Å². The zero-order valence-corrected chi connectivity index (χ0v) is 13.3. The minimum absolute atomic E-state index is 0.127. The van der Waals surface area contributed by atoms with Gasteiger partial charge in [-0.05, 0) is 24.6 Å². The standard InChI is InChI=1S/C14H18N2O2S2/c1-3-20(17,18)14-10-19-7-6-16(14)13-5-4-11(2)8-12(13)9-15/h4-5,8,14H,3,6-7,10H2,1-2H3. The number of thioether (sulfide) groups is 1. The highest BCUT2D eigenvalue weighted by molar-refractivity contribution is 8.01. The topological polar surface area (TPSA) is 61.2 Å². The average Bonchev–Trinajstić information content (AvgIpc) is 2.47. The maximum Gasteiger partial charge on any atom is 0.171 e. The number of rotatable bonds is 3. The summed E-state index contributed by atoms with van der Waals surface area (Å²) in [6.45, 7) is 4.26. The molecule has 6 heteroatoms. The van der Waals surface area contributed by atoms with Gasteiger partial charge in [-0.3, -0.25) is 0 Å². The van der Waals surface area contributed by atoms with Crippen molar-refractivity contribution in [1.29, 1.82) is 5.26 Å². The van der Waals surface area contributed by atoms with E-state index in [0.29, 0.717) is 17.9 Å². The van der Waals surface area contributed by atoms with Crippen molar-refractivity contribution in [3.8, 4) is 6.07 Å². The van der Waals surface area contributed by atoms with E-state index in [4.69, 9.17) is 0 Å². The highest BCUT2D eigenvalue weighted by Crippen LogP contribution is 2.30. The second kappa shape index (κ2) is 6.06. The third-order valence-electron chi connectivity index (χ3n) is 3.48. The Labute approximate surface area is 124 Å². The van der Waals surface area contributed by atoms with Crippen LogP contribution in [0.1, 0.15) is 18.1 Å². The summed E-state index contributed by atoms with van der Waals surface area (Å²) in [4.78, 5) is 1.88. The molecule has 0 bridgehead atoms. The fourth-order valence-corrected chi connectivity index (χ4v) is 5.32. The van der Waals surface area contributed by atoms with Crippen LogP contribution < -0.4 is 4.90 Å². The van der Waals surface area contributed by atoms with E-state index in [9.17, 15) is 13.7 Å². The van der Waals surface area contributed by atoms with E-state index in [1.165, 1.54) is 0 Å². The van der Waals surface area contributed by atoms with Gasteiger partial charge >= 0.3 is 0 Å². The van der Waals surface area contributed by atoms with Gasteiger partial charge in [-0.2, -0.15) is 17.0 Å². The molecule has 1 aliphatic rings. The molecule has 0 spiro atoms. The van der Waals surface area contributed by atoms with E-state index in [1.54, 1.807) is 18.7 Å². The van der Waals surface area contributed by atoms with Crippen LogP contribution in [0.25, 0.3) is 0 Å². The first-order chi connectivity index (χ1) is 9.49. The Balaban J connectivity index is 2.46. The maximum atomic E-state index is 12.3. The van der Waals surface area contributed by atoms with Crippen LogP contribution in [-0.4, -0.2) is 37.6 Å². The lowest BCUT2D eigenvalue weighted by Gasteiger charge is -2.37. The molecule has 0 saturated carbocycles. The number of nitrogens with zero attached hydrogens (tertiary/aromatic N) is 2. The number of sulfone groups is 1. The van der Waals surface area contributed by atoms with Gasteiger partial charge in [0.15, 0.2) is 9.84 Å². The summed E-state index contributed by atoms with van der Waals surface area (Å²) in [6, 6.07) is 7.78. The van der Waals surface area contributed by atoms with Crippen molar-refractivity contribution >= 4 is 27.3 Å². The fourth-order valence-electron chi connectivity index (χ4n) is 2.34. The summed E-state index contributed by atoms with van der Waals surface area (Å²) in [5, 5.41) is 8.76. The summed E-state index contributed by atoms with van der Waals surface area (Å²) >= 11 is 1.66. The zero-order valence-electron chi connectivity index (χ0n) is 11.7. The Morgan fingerprint density at radius 1 is 1.50 bits per heavy atom. The van der Waals surface area contributed by atoms with E-state index in [1.807, 2.05) is 30.0 Å². The second-order valence-corrected chi connectivity index (χ2v) is 8.40. The summed E-state index contributed by atoms with van der Waals surface area (Å²) in [5.41, 5.74) is 2.29. The Morgan fingerprint density at radius 2 is 2.25 bits per heavy atom. The molecule has 1 saturated heterocycles. The van der Waals surface area contributed by atoms with Crippen molar-refractivity contribution in [2.24, 2.45) is 0 Å².